The Kier molecular flexibility index (Phi) is 5.40. The first kappa shape index (κ1) is 20.6. The summed E-state index contributed by atoms with van der Waals surface area (Å²) in [6.45, 7) is 1.74. The van der Waals surface area contributed by atoms with Crippen molar-refractivity contribution in [1.29, 1.82) is 0 Å². The zero-order valence-corrected chi connectivity index (χ0v) is 18.3. The first-order chi connectivity index (χ1) is 14.3. The molecular formula is C21H15ClFN3O2S2. The smallest absolute Gasteiger partial charge is 0.283 e. The average Bonchev–Trinajstić information content (AvgIpc) is 3.11. The number of para-hydroxylation sites is 1. The minimum atomic E-state index is -0.546. The van der Waals surface area contributed by atoms with Crippen molar-refractivity contribution < 1.29 is 9.18 Å². The number of carbonyl (C=O) groups excluding carboxylic acids is 1. The van der Waals surface area contributed by atoms with E-state index in [9.17, 15) is 14.0 Å². The second kappa shape index (κ2) is 7.86. The van der Waals surface area contributed by atoms with Gasteiger partial charge in [-0.1, -0.05) is 59.8 Å². The third-order valence-corrected chi connectivity index (χ3v) is 6.45. The van der Waals surface area contributed by atoms with Crippen LogP contribution in [0.25, 0.3) is 11.8 Å². The molecule has 0 N–H and O–H groups in total. The molecule has 0 aliphatic carbocycles. The summed E-state index contributed by atoms with van der Waals surface area (Å²) < 4.78 is 17.5. The van der Waals surface area contributed by atoms with Gasteiger partial charge in [-0.05, 0) is 37.3 Å². The molecule has 1 fully saturated rings. The summed E-state index contributed by atoms with van der Waals surface area (Å²) in [5.74, 6) is -1.04. The van der Waals surface area contributed by atoms with Crippen molar-refractivity contribution in [2.75, 3.05) is 4.90 Å². The number of halogens is 2. The molecule has 1 aromatic heterocycles. The molecule has 152 valence electrons. The van der Waals surface area contributed by atoms with Crippen molar-refractivity contribution in [2.45, 2.75) is 6.92 Å². The van der Waals surface area contributed by atoms with Crippen molar-refractivity contribution >= 4 is 57.6 Å². The maximum atomic E-state index is 14.2. The minimum absolute atomic E-state index is 0.103. The molecule has 1 aliphatic heterocycles. The lowest BCUT2D eigenvalue weighted by Crippen LogP contribution is -2.33. The molecule has 1 saturated heterocycles. The quantitative estimate of drug-likeness (QED) is 0.421. The number of rotatable bonds is 3. The highest BCUT2D eigenvalue weighted by atomic mass is 35.5. The van der Waals surface area contributed by atoms with Gasteiger partial charge < -0.3 is 0 Å². The fraction of sp³-hybridized carbons (Fsp3) is 0.0952. The van der Waals surface area contributed by atoms with E-state index < -0.39 is 11.7 Å². The van der Waals surface area contributed by atoms with Crippen molar-refractivity contribution in [3.63, 3.8) is 0 Å². The zero-order chi connectivity index (χ0) is 21.6. The third-order valence-electron chi connectivity index (χ3n) is 4.82. The Bertz CT molecular complexity index is 1260. The number of anilines is 1. The highest BCUT2D eigenvalue weighted by molar-refractivity contribution is 8.27. The number of aromatic nitrogens is 2. The second-order valence-corrected chi connectivity index (χ2v) is 8.65. The summed E-state index contributed by atoms with van der Waals surface area (Å²) in [6, 6.07) is 13.4. The molecule has 0 saturated carbocycles. The fourth-order valence-corrected chi connectivity index (χ4v) is 4.72. The van der Waals surface area contributed by atoms with Crippen LogP contribution in [0.5, 0.6) is 0 Å². The highest BCUT2D eigenvalue weighted by Crippen LogP contribution is 2.37. The largest absolute Gasteiger partial charge is 0.296 e. The Morgan fingerprint density at radius 2 is 1.80 bits per heavy atom. The Hall–Kier alpha value is -2.68. The number of thiocarbonyl (C=S) groups is 1. The van der Waals surface area contributed by atoms with Crippen LogP contribution < -0.4 is 10.5 Å². The minimum Gasteiger partial charge on any atom is -0.283 e. The predicted octanol–water partition coefficient (Wildman–Crippen LogP) is 4.68. The second-order valence-electron chi connectivity index (χ2n) is 6.56. The number of nitrogens with zero attached hydrogens (tertiary/aromatic N) is 3. The van der Waals surface area contributed by atoms with Crippen LogP contribution in [0.4, 0.5) is 10.1 Å². The highest BCUT2D eigenvalue weighted by Gasteiger charge is 2.38. The molecule has 1 aliphatic rings. The molecule has 0 spiro atoms. The fourth-order valence-electron chi connectivity index (χ4n) is 3.25. The summed E-state index contributed by atoms with van der Waals surface area (Å²) in [4.78, 5) is 27.8. The summed E-state index contributed by atoms with van der Waals surface area (Å²) in [7, 11) is 1.74. The summed E-state index contributed by atoms with van der Waals surface area (Å²) in [5.41, 5.74) is 1.14. The molecular weight excluding hydrogens is 445 g/mol. The lowest BCUT2D eigenvalue weighted by molar-refractivity contribution is -0.113. The van der Waals surface area contributed by atoms with Crippen LogP contribution in [-0.4, -0.2) is 19.6 Å². The Balaban J connectivity index is 1.81. The Labute approximate surface area is 186 Å². The van der Waals surface area contributed by atoms with Crippen molar-refractivity contribution in [1.82, 2.24) is 9.36 Å². The molecule has 9 heteroatoms. The molecule has 30 heavy (non-hydrogen) atoms. The van der Waals surface area contributed by atoms with Gasteiger partial charge in [-0.3, -0.25) is 19.2 Å². The summed E-state index contributed by atoms with van der Waals surface area (Å²) >= 11 is 12.5. The molecule has 0 unspecified atom stereocenters. The maximum Gasteiger partial charge on any atom is 0.296 e. The molecule has 4 rings (SSSR count). The van der Waals surface area contributed by atoms with Crippen LogP contribution in [-0.2, 0) is 11.8 Å². The van der Waals surface area contributed by atoms with Crippen LogP contribution in [0.15, 0.2) is 58.2 Å². The van der Waals surface area contributed by atoms with Crippen molar-refractivity contribution in [2.24, 2.45) is 7.05 Å². The Morgan fingerprint density at radius 3 is 2.47 bits per heavy atom. The monoisotopic (exact) mass is 459 g/mol. The van der Waals surface area contributed by atoms with E-state index in [1.165, 1.54) is 33.9 Å². The normalized spacial score (nSPS) is 15.5. The van der Waals surface area contributed by atoms with E-state index in [1.54, 1.807) is 30.8 Å². The van der Waals surface area contributed by atoms with Gasteiger partial charge in [0.25, 0.3) is 11.5 Å². The number of hydrogen-bond donors (Lipinski definition) is 0. The van der Waals surface area contributed by atoms with E-state index in [-0.39, 0.29) is 31.1 Å². The van der Waals surface area contributed by atoms with E-state index in [2.05, 4.69) is 0 Å². The van der Waals surface area contributed by atoms with Gasteiger partial charge in [0.1, 0.15) is 11.5 Å². The molecule has 0 bridgehead atoms. The van der Waals surface area contributed by atoms with E-state index in [0.29, 0.717) is 11.4 Å². The molecule has 5 nitrogen and oxygen atoms in total. The first-order valence-corrected chi connectivity index (χ1v) is 10.5. The van der Waals surface area contributed by atoms with Gasteiger partial charge in [-0.2, -0.15) is 0 Å². The van der Waals surface area contributed by atoms with Crippen LogP contribution in [0.2, 0.25) is 5.02 Å². The third kappa shape index (κ3) is 3.30. The molecule has 1 amide bonds. The van der Waals surface area contributed by atoms with Crippen LogP contribution in [0.3, 0.4) is 0 Å². The molecule has 0 radical (unpaired) electrons. The van der Waals surface area contributed by atoms with E-state index >= 15 is 0 Å². The number of hydrogen-bond acceptors (Lipinski definition) is 4. The topological polar surface area (TPSA) is 47.2 Å². The van der Waals surface area contributed by atoms with Crippen LogP contribution in [0.1, 0.15) is 11.3 Å². The van der Waals surface area contributed by atoms with Gasteiger partial charge in [0.2, 0.25) is 0 Å². The number of carbonyl (C=O) groups is 1. The van der Waals surface area contributed by atoms with Gasteiger partial charge in [0, 0.05) is 12.6 Å². The summed E-state index contributed by atoms with van der Waals surface area (Å²) in [5, 5.41) is 0.183. The van der Waals surface area contributed by atoms with Gasteiger partial charge in [0.05, 0.1) is 21.3 Å². The van der Waals surface area contributed by atoms with E-state index in [0.717, 1.165) is 11.8 Å². The number of thioether (sulfide) groups is 1. The van der Waals surface area contributed by atoms with Crippen LogP contribution >= 0.6 is 35.6 Å². The first-order valence-electron chi connectivity index (χ1n) is 8.87. The molecule has 0 atom stereocenters. The van der Waals surface area contributed by atoms with Gasteiger partial charge >= 0.3 is 0 Å². The van der Waals surface area contributed by atoms with E-state index in [1.807, 2.05) is 18.2 Å². The zero-order valence-electron chi connectivity index (χ0n) is 15.9. The molecule has 2 aromatic carbocycles. The van der Waals surface area contributed by atoms with Crippen molar-refractivity contribution in [3.05, 3.63) is 85.9 Å². The lowest BCUT2D eigenvalue weighted by atomic mass is 10.2. The SMILES string of the molecule is Cc1c(N2C(=O)/C(=C/c3c(F)cccc3Cl)SC2=S)c(=O)n(-c2ccccc2)n1C. The standard InChI is InChI=1S/C21H15ClFN3O2S2/c1-12-18(20(28)26(24(12)2)13-7-4-3-5-8-13)25-19(27)17(30-21(25)29)11-14-15(22)9-6-10-16(14)23/h3-11H,1-2H3/b17-11-. The van der Waals surface area contributed by atoms with Crippen LogP contribution in [0, 0.1) is 12.7 Å². The van der Waals surface area contributed by atoms with Crippen molar-refractivity contribution in [3.8, 4) is 5.69 Å². The van der Waals surface area contributed by atoms with Gasteiger partial charge in [0.15, 0.2) is 4.32 Å². The lowest BCUT2D eigenvalue weighted by Gasteiger charge is -2.12. The molecule has 3 aromatic rings. The predicted molar refractivity (Wildman–Crippen MR) is 123 cm³/mol. The van der Waals surface area contributed by atoms with Gasteiger partial charge in [-0.15, -0.1) is 0 Å². The Morgan fingerprint density at radius 1 is 1.10 bits per heavy atom. The molecule has 2 heterocycles. The number of amides is 1. The average molecular weight is 460 g/mol. The van der Waals surface area contributed by atoms with E-state index in [4.69, 9.17) is 23.8 Å². The summed E-state index contributed by atoms with van der Waals surface area (Å²) in [6.07, 6.45) is 1.37. The van der Waals surface area contributed by atoms with Gasteiger partial charge in [-0.25, -0.2) is 9.07 Å². The number of benzene rings is 2. The maximum absolute atomic E-state index is 14.2.